The Morgan fingerprint density at radius 1 is 1.04 bits per heavy atom. The summed E-state index contributed by atoms with van der Waals surface area (Å²) in [7, 11) is 0. The molecule has 4 rings (SSSR count). The zero-order chi connectivity index (χ0) is 15.9. The molecule has 1 nitrogen and oxygen atoms in total. The maximum absolute atomic E-state index is 3.66. The van der Waals surface area contributed by atoms with Crippen molar-refractivity contribution < 1.29 is 0 Å². The fourth-order valence-electron chi connectivity index (χ4n) is 4.83. The minimum absolute atomic E-state index is 0. The van der Waals surface area contributed by atoms with E-state index in [2.05, 4.69) is 67.7 Å². The first-order chi connectivity index (χ1) is 11.3. The molecule has 0 saturated carbocycles. The van der Waals surface area contributed by atoms with Gasteiger partial charge in [-0.3, -0.25) is 0 Å². The normalized spacial score (nSPS) is 24.2. The number of fused-ring (bicyclic) bond motifs is 8. The summed E-state index contributed by atoms with van der Waals surface area (Å²) < 4.78 is 0. The SMILES string of the molecule is CCC(C)NCCCC12CC(c3ccccc31)c1ccccc12.Cl. The predicted octanol–water partition coefficient (Wildman–Crippen LogP) is 5.41. The van der Waals surface area contributed by atoms with E-state index in [0.29, 0.717) is 12.0 Å². The van der Waals surface area contributed by atoms with Crippen LogP contribution in [0.1, 0.15) is 67.7 Å². The Morgan fingerprint density at radius 3 is 2.21 bits per heavy atom. The summed E-state index contributed by atoms with van der Waals surface area (Å²) in [4.78, 5) is 0. The van der Waals surface area contributed by atoms with Crippen molar-refractivity contribution in [3.63, 3.8) is 0 Å². The standard InChI is InChI=1S/C22H27N.ClH/c1-3-16(2)23-14-8-13-22-15-19(17-9-4-6-11-20(17)22)18-10-5-7-12-21(18)22;/h4-7,9-12,16,19,23H,3,8,13-15H2,1-2H3;1H. The molecule has 0 heterocycles. The first-order valence-electron chi connectivity index (χ1n) is 9.18. The number of rotatable bonds is 6. The number of hydrogen-bond acceptors (Lipinski definition) is 1. The van der Waals surface area contributed by atoms with Crippen LogP contribution in [0.5, 0.6) is 0 Å². The maximum Gasteiger partial charge on any atom is 0.0218 e. The second kappa shape index (κ2) is 6.90. The lowest BCUT2D eigenvalue weighted by molar-refractivity contribution is 0.439. The van der Waals surface area contributed by atoms with Gasteiger partial charge in [-0.05, 0) is 61.4 Å². The van der Waals surface area contributed by atoms with Crippen LogP contribution >= 0.6 is 12.4 Å². The van der Waals surface area contributed by atoms with Crippen LogP contribution < -0.4 is 5.32 Å². The highest BCUT2D eigenvalue weighted by atomic mass is 35.5. The number of hydrogen-bond donors (Lipinski definition) is 1. The van der Waals surface area contributed by atoms with Gasteiger partial charge in [-0.2, -0.15) is 0 Å². The zero-order valence-corrected chi connectivity index (χ0v) is 15.5. The molecule has 2 aliphatic rings. The highest BCUT2D eigenvalue weighted by Gasteiger charge is 2.51. The van der Waals surface area contributed by atoms with E-state index >= 15 is 0 Å². The van der Waals surface area contributed by atoms with Crippen molar-refractivity contribution in [2.75, 3.05) is 6.54 Å². The van der Waals surface area contributed by atoms with Gasteiger partial charge in [0.25, 0.3) is 0 Å². The van der Waals surface area contributed by atoms with Crippen LogP contribution in [0.25, 0.3) is 0 Å². The monoisotopic (exact) mass is 341 g/mol. The van der Waals surface area contributed by atoms with Crippen LogP contribution in [0.15, 0.2) is 48.5 Å². The van der Waals surface area contributed by atoms with E-state index in [-0.39, 0.29) is 17.8 Å². The van der Waals surface area contributed by atoms with Crippen molar-refractivity contribution in [2.45, 2.75) is 56.9 Å². The van der Waals surface area contributed by atoms with Gasteiger partial charge < -0.3 is 5.32 Å². The molecule has 2 bridgehead atoms. The van der Waals surface area contributed by atoms with Gasteiger partial charge in [0, 0.05) is 17.4 Å². The molecule has 2 heteroatoms. The molecule has 0 aromatic heterocycles. The molecule has 2 aliphatic carbocycles. The van der Waals surface area contributed by atoms with Gasteiger partial charge in [0.2, 0.25) is 0 Å². The second-order valence-corrected chi connectivity index (χ2v) is 7.38. The van der Waals surface area contributed by atoms with E-state index in [1.807, 2.05) is 0 Å². The van der Waals surface area contributed by atoms with Crippen LogP contribution in [-0.4, -0.2) is 12.6 Å². The van der Waals surface area contributed by atoms with Crippen LogP contribution in [0.2, 0.25) is 0 Å². The van der Waals surface area contributed by atoms with Crippen molar-refractivity contribution in [1.29, 1.82) is 0 Å². The third-order valence-corrected chi connectivity index (χ3v) is 6.14. The molecule has 1 atom stereocenters. The Balaban J connectivity index is 0.00000169. The van der Waals surface area contributed by atoms with Gasteiger partial charge in [-0.1, -0.05) is 55.5 Å². The summed E-state index contributed by atoms with van der Waals surface area (Å²) >= 11 is 0. The molecule has 2 aromatic carbocycles. The lowest BCUT2D eigenvalue weighted by Crippen LogP contribution is -2.29. The van der Waals surface area contributed by atoms with E-state index in [9.17, 15) is 0 Å². The smallest absolute Gasteiger partial charge is 0.0218 e. The maximum atomic E-state index is 3.66. The lowest BCUT2D eigenvalue weighted by atomic mass is 9.72. The second-order valence-electron chi connectivity index (χ2n) is 7.38. The number of benzene rings is 2. The van der Waals surface area contributed by atoms with Crippen molar-refractivity contribution in [3.05, 3.63) is 70.8 Å². The van der Waals surface area contributed by atoms with Crippen LogP contribution in [0.3, 0.4) is 0 Å². The Morgan fingerprint density at radius 2 is 1.62 bits per heavy atom. The minimum Gasteiger partial charge on any atom is -0.314 e. The third kappa shape index (κ3) is 2.59. The fraction of sp³-hybridized carbons (Fsp3) is 0.455. The van der Waals surface area contributed by atoms with E-state index in [1.165, 1.54) is 25.7 Å². The van der Waals surface area contributed by atoms with Crippen molar-refractivity contribution in [1.82, 2.24) is 5.32 Å². The summed E-state index contributed by atoms with van der Waals surface area (Å²) in [6, 6.07) is 19.0. The quantitative estimate of drug-likeness (QED) is 0.692. The van der Waals surface area contributed by atoms with Crippen LogP contribution in [0.4, 0.5) is 0 Å². The Kier molecular flexibility index (Phi) is 5.03. The molecule has 24 heavy (non-hydrogen) atoms. The molecule has 0 fully saturated rings. The van der Waals surface area contributed by atoms with Gasteiger partial charge in [-0.15, -0.1) is 12.4 Å². The molecule has 0 amide bonds. The fourth-order valence-corrected chi connectivity index (χ4v) is 4.83. The topological polar surface area (TPSA) is 12.0 Å². The number of halogens is 1. The van der Waals surface area contributed by atoms with E-state index in [4.69, 9.17) is 0 Å². The number of nitrogens with one attached hydrogen (secondary N) is 1. The zero-order valence-electron chi connectivity index (χ0n) is 14.7. The van der Waals surface area contributed by atoms with Crippen molar-refractivity contribution in [3.8, 4) is 0 Å². The van der Waals surface area contributed by atoms with Crippen molar-refractivity contribution in [2.24, 2.45) is 0 Å². The molecule has 0 spiro atoms. The molecule has 2 aromatic rings. The average molecular weight is 342 g/mol. The van der Waals surface area contributed by atoms with E-state index in [1.54, 1.807) is 22.3 Å². The third-order valence-electron chi connectivity index (χ3n) is 6.14. The van der Waals surface area contributed by atoms with Gasteiger partial charge >= 0.3 is 0 Å². The summed E-state index contributed by atoms with van der Waals surface area (Å²) in [6.45, 7) is 5.66. The Bertz CT molecular complexity index is 661. The van der Waals surface area contributed by atoms with Crippen molar-refractivity contribution >= 4 is 12.4 Å². The average Bonchev–Trinajstić information content (AvgIpc) is 3.11. The lowest BCUT2D eigenvalue weighted by Gasteiger charge is -2.31. The van der Waals surface area contributed by atoms with Gasteiger partial charge in [0.15, 0.2) is 0 Å². The summed E-state index contributed by atoms with van der Waals surface area (Å²) in [5, 5.41) is 3.66. The largest absolute Gasteiger partial charge is 0.314 e. The Hall–Kier alpha value is -1.31. The van der Waals surface area contributed by atoms with Gasteiger partial charge in [0.1, 0.15) is 0 Å². The minimum atomic E-state index is 0. The summed E-state index contributed by atoms with van der Waals surface area (Å²) in [6.07, 6.45) is 5.01. The first-order valence-corrected chi connectivity index (χ1v) is 9.18. The first kappa shape index (κ1) is 17.5. The Labute approximate surface area is 152 Å². The molecule has 0 aliphatic heterocycles. The highest BCUT2D eigenvalue weighted by molar-refractivity contribution is 5.85. The molecule has 1 N–H and O–H groups in total. The van der Waals surface area contributed by atoms with E-state index in [0.717, 1.165) is 6.54 Å². The molecule has 128 valence electrons. The van der Waals surface area contributed by atoms with Gasteiger partial charge in [0.05, 0.1) is 0 Å². The predicted molar refractivity (Wildman–Crippen MR) is 104 cm³/mol. The summed E-state index contributed by atoms with van der Waals surface area (Å²) in [5.41, 5.74) is 6.65. The summed E-state index contributed by atoms with van der Waals surface area (Å²) in [5.74, 6) is 0.630. The molecule has 0 saturated heterocycles. The molecular weight excluding hydrogens is 314 g/mol. The molecule has 1 unspecified atom stereocenters. The molecule has 0 radical (unpaired) electrons. The van der Waals surface area contributed by atoms with Gasteiger partial charge in [-0.25, -0.2) is 0 Å². The van der Waals surface area contributed by atoms with Crippen LogP contribution in [-0.2, 0) is 5.41 Å². The highest BCUT2D eigenvalue weighted by Crippen LogP contribution is 2.61. The molecular formula is C22H28ClN. The van der Waals surface area contributed by atoms with Crippen LogP contribution in [0, 0.1) is 0 Å². The van der Waals surface area contributed by atoms with E-state index < -0.39 is 0 Å².